The van der Waals surface area contributed by atoms with Crippen LogP contribution in [0.2, 0.25) is 5.02 Å². The number of nitrogens with one attached hydrogen (secondary N) is 1. The lowest BCUT2D eigenvalue weighted by Gasteiger charge is -2.33. The van der Waals surface area contributed by atoms with E-state index in [0.29, 0.717) is 18.0 Å². The van der Waals surface area contributed by atoms with Crippen molar-refractivity contribution in [2.24, 2.45) is 0 Å². The van der Waals surface area contributed by atoms with Crippen molar-refractivity contribution in [1.82, 2.24) is 10.2 Å². The van der Waals surface area contributed by atoms with Gasteiger partial charge < -0.3 is 10.1 Å². The molecule has 5 heteroatoms. The number of hydrogen-bond acceptors (Lipinski definition) is 3. The lowest BCUT2D eigenvalue weighted by molar-refractivity contribution is -0.120. The minimum Gasteiger partial charge on any atom is -0.371 e. The second kappa shape index (κ2) is 9.72. The van der Waals surface area contributed by atoms with Crippen LogP contribution in [-0.4, -0.2) is 43.6 Å². The summed E-state index contributed by atoms with van der Waals surface area (Å²) in [6.07, 6.45) is 1.48. The molecule has 26 heavy (non-hydrogen) atoms. The molecule has 2 aromatic carbocycles. The Bertz CT molecular complexity index is 691. The summed E-state index contributed by atoms with van der Waals surface area (Å²) < 4.78 is 5.89. The summed E-state index contributed by atoms with van der Waals surface area (Å²) >= 11 is 5.86. The highest BCUT2D eigenvalue weighted by Gasteiger charge is 2.21. The highest BCUT2D eigenvalue weighted by atomic mass is 35.5. The number of carbonyl (C=O) groups is 1. The van der Waals surface area contributed by atoms with Crippen molar-refractivity contribution < 1.29 is 9.53 Å². The third-order valence-electron chi connectivity index (χ3n) is 4.57. The Kier molecular flexibility index (Phi) is 7.06. The molecule has 2 aromatic rings. The van der Waals surface area contributed by atoms with Gasteiger partial charge in [0.05, 0.1) is 19.1 Å². The average Bonchev–Trinajstić information content (AvgIpc) is 2.68. The van der Waals surface area contributed by atoms with Crippen LogP contribution in [0.1, 0.15) is 23.7 Å². The molecule has 1 amide bonds. The van der Waals surface area contributed by atoms with Crippen molar-refractivity contribution in [3.05, 3.63) is 70.7 Å². The van der Waals surface area contributed by atoms with Crippen LogP contribution in [0.25, 0.3) is 0 Å². The van der Waals surface area contributed by atoms with E-state index in [-0.39, 0.29) is 12.0 Å². The quantitative estimate of drug-likeness (QED) is 0.757. The average molecular weight is 373 g/mol. The maximum absolute atomic E-state index is 12.0. The maximum atomic E-state index is 12.0. The molecule has 1 saturated heterocycles. The second-order valence-corrected chi connectivity index (χ2v) is 7.01. The van der Waals surface area contributed by atoms with Gasteiger partial charge in [0.2, 0.25) is 5.91 Å². The maximum Gasteiger partial charge on any atom is 0.224 e. The van der Waals surface area contributed by atoms with Crippen LogP contribution in [0.15, 0.2) is 54.6 Å². The van der Waals surface area contributed by atoms with Crippen LogP contribution in [0, 0.1) is 0 Å². The van der Waals surface area contributed by atoms with Crippen LogP contribution < -0.4 is 5.32 Å². The summed E-state index contributed by atoms with van der Waals surface area (Å²) in [4.78, 5) is 14.4. The van der Waals surface area contributed by atoms with Crippen LogP contribution in [0.5, 0.6) is 0 Å². The highest BCUT2D eigenvalue weighted by Crippen LogP contribution is 2.21. The van der Waals surface area contributed by atoms with Gasteiger partial charge in [0.25, 0.3) is 0 Å². The standard InChI is InChI=1S/C21H25ClN2O2/c22-19-9-7-17(8-10-19)15-21(25)23-11-4-12-24-13-14-26-20(16-24)18-5-2-1-3-6-18/h1-3,5-10,20H,4,11-16H2,(H,23,25)/t20-/m1/s1. The molecule has 0 radical (unpaired) electrons. The van der Waals surface area contributed by atoms with Crippen molar-refractivity contribution in [1.29, 1.82) is 0 Å². The summed E-state index contributed by atoms with van der Waals surface area (Å²) in [5.74, 6) is 0.0523. The Labute approximate surface area is 160 Å². The number of halogens is 1. The first-order valence-corrected chi connectivity index (χ1v) is 9.48. The van der Waals surface area contributed by atoms with E-state index in [1.165, 1.54) is 5.56 Å². The number of hydrogen-bond donors (Lipinski definition) is 1. The third-order valence-corrected chi connectivity index (χ3v) is 4.83. The fourth-order valence-electron chi connectivity index (χ4n) is 3.16. The monoisotopic (exact) mass is 372 g/mol. The van der Waals surface area contributed by atoms with E-state index in [4.69, 9.17) is 16.3 Å². The number of benzene rings is 2. The first-order valence-electron chi connectivity index (χ1n) is 9.11. The Balaban J connectivity index is 1.35. The van der Waals surface area contributed by atoms with Crippen LogP contribution in [0.3, 0.4) is 0 Å². The Morgan fingerprint density at radius 1 is 1.15 bits per heavy atom. The van der Waals surface area contributed by atoms with Crippen LogP contribution in [-0.2, 0) is 16.0 Å². The highest BCUT2D eigenvalue weighted by molar-refractivity contribution is 6.30. The molecule has 0 aromatic heterocycles. The molecule has 0 saturated carbocycles. The van der Waals surface area contributed by atoms with Gasteiger partial charge in [-0.25, -0.2) is 0 Å². The Morgan fingerprint density at radius 2 is 1.92 bits per heavy atom. The predicted octanol–water partition coefficient (Wildman–Crippen LogP) is 3.46. The van der Waals surface area contributed by atoms with Crippen LogP contribution >= 0.6 is 11.6 Å². The molecule has 4 nitrogen and oxygen atoms in total. The van der Waals surface area contributed by atoms with E-state index in [1.807, 2.05) is 42.5 Å². The van der Waals surface area contributed by atoms with Gasteiger partial charge in [-0.05, 0) is 29.7 Å². The molecule has 1 fully saturated rings. The zero-order chi connectivity index (χ0) is 18.2. The van der Waals surface area contributed by atoms with E-state index < -0.39 is 0 Å². The smallest absolute Gasteiger partial charge is 0.224 e. The van der Waals surface area contributed by atoms with Gasteiger partial charge in [-0.3, -0.25) is 9.69 Å². The summed E-state index contributed by atoms with van der Waals surface area (Å²) in [6.45, 7) is 4.26. The summed E-state index contributed by atoms with van der Waals surface area (Å²) in [5, 5.41) is 3.69. The van der Waals surface area contributed by atoms with E-state index in [2.05, 4.69) is 22.3 Å². The van der Waals surface area contributed by atoms with Gasteiger partial charge in [-0.15, -0.1) is 0 Å². The van der Waals surface area contributed by atoms with Crippen molar-refractivity contribution in [3.63, 3.8) is 0 Å². The van der Waals surface area contributed by atoms with Gasteiger partial charge in [-0.1, -0.05) is 54.1 Å². The summed E-state index contributed by atoms with van der Waals surface area (Å²) in [7, 11) is 0. The molecule has 1 aliphatic rings. The van der Waals surface area contributed by atoms with Gasteiger partial charge in [0.15, 0.2) is 0 Å². The van der Waals surface area contributed by atoms with Crippen molar-refractivity contribution >= 4 is 17.5 Å². The minimum atomic E-state index is 0.0523. The minimum absolute atomic E-state index is 0.0523. The van der Waals surface area contributed by atoms with Crippen molar-refractivity contribution in [2.75, 3.05) is 32.8 Å². The molecule has 0 bridgehead atoms. The first kappa shape index (κ1) is 18.9. The molecule has 0 aliphatic carbocycles. The van der Waals surface area contributed by atoms with Gasteiger partial charge in [0.1, 0.15) is 0 Å². The van der Waals surface area contributed by atoms with E-state index in [0.717, 1.165) is 38.2 Å². The molecule has 1 N–H and O–H groups in total. The lowest BCUT2D eigenvalue weighted by atomic mass is 10.1. The predicted molar refractivity (Wildman–Crippen MR) is 104 cm³/mol. The summed E-state index contributed by atoms with van der Waals surface area (Å²) in [5.41, 5.74) is 2.21. The number of ether oxygens (including phenoxy) is 1. The van der Waals surface area contributed by atoms with E-state index in [1.54, 1.807) is 0 Å². The zero-order valence-corrected chi connectivity index (χ0v) is 15.6. The van der Waals surface area contributed by atoms with E-state index in [9.17, 15) is 4.79 Å². The SMILES string of the molecule is O=C(Cc1ccc(Cl)cc1)NCCCN1CCO[C@@H](c2ccccc2)C1. The lowest BCUT2D eigenvalue weighted by Crippen LogP contribution is -2.40. The normalized spacial score (nSPS) is 17.8. The number of rotatable bonds is 7. The molecule has 0 spiro atoms. The molecule has 3 rings (SSSR count). The number of morpholine rings is 1. The number of carbonyl (C=O) groups excluding carboxylic acids is 1. The molecule has 1 atom stereocenters. The topological polar surface area (TPSA) is 41.6 Å². The van der Waals surface area contributed by atoms with Gasteiger partial charge in [-0.2, -0.15) is 0 Å². The molecule has 1 heterocycles. The number of amides is 1. The van der Waals surface area contributed by atoms with Crippen molar-refractivity contribution in [2.45, 2.75) is 18.9 Å². The van der Waals surface area contributed by atoms with Gasteiger partial charge in [0, 0.05) is 31.2 Å². The van der Waals surface area contributed by atoms with E-state index >= 15 is 0 Å². The van der Waals surface area contributed by atoms with Crippen molar-refractivity contribution in [3.8, 4) is 0 Å². The van der Waals surface area contributed by atoms with Crippen LogP contribution in [0.4, 0.5) is 0 Å². The fraction of sp³-hybridized carbons (Fsp3) is 0.381. The fourth-order valence-corrected chi connectivity index (χ4v) is 3.28. The molecule has 0 unspecified atom stereocenters. The molecule has 1 aliphatic heterocycles. The number of nitrogens with zero attached hydrogens (tertiary/aromatic N) is 1. The zero-order valence-electron chi connectivity index (χ0n) is 14.9. The molecular formula is C21H25ClN2O2. The Hall–Kier alpha value is -1.88. The molecular weight excluding hydrogens is 348 g/mol. The third kappa shape index (κ3) is 5.84. The molecule has 138 valence electrons. The summed E-state index contributed by atoms with van der Waals surface area (Å²) in [6, 6.07) is 17.8. The largest absolute Gasteiger partial charge is 0.371 e. The first-order chi connectivity index (χ1) is 12.7. The van der Waals surface area contributed by atoms with Gasteiger partial charge >= 0.3 is 0 Å². The second-order valence-electron chi connectivity index (χ2n) is 6.58. The Morgan fingerprint density at radius 3 is 2.69 bits per heavy atom.